The summed E-state index contributed by atoms with van der Waals surface area (Å²) < 4.78 is 5.38. The maximum Gasteiger partial charge on any atom is 0.304 e. The first-order chi connectivity index (χ1) is 12.2. The fraction of sp³-hybridized carbons (Fsp3) is 0.381. The van der Waals surface area contributed by atoms with Gasteiger partial charge in [-0.05, 0) is 54.1 Å². The molecule has 2 N–H and O–H groups in total. The molecule has 0 fully saturated rings. The van der Waals surface area contributed by atoms with Gasteiger partial charge in [0.05, 0.1) is 13.5 Å². The van der Waals surface area contributed by atoms with E-state index in [1.54, 1.807) is 7.11 Å². The molecule has 2 atom stereocenters. The van der Waals surface area contributed by atoms with Crippen molar-refractivity contribution in [3.63, 3.8) is 0 Å². The average molecular weight is 339 g/mol. The number of nitrogens with one attached hydrogen (secondary N) is 1. The lowest BCUT2D eigenvalue weighted by molar-refractivity contribution is -0.136. The second-order valence-corrected chi connectivity index (χ2v) is 6.60. The highest BCUT2D eigenvalue weighted by molar-refractivity contribution is 5.66. The van der Waals surface area contributed by atoms with E-state index in [0.717, 1.165) is 25.1 Å². The zero-order valence-electron chi connectivity index (χ0n) is 14.6. The highest BCUT2D eigenvalue weighted by Gasteiger charge is 2.30. The molecule has 132 valence electrons. The van der Waals surface area contributed by atoms with Crippen molar-refractivity contribution >= 4 is 5.97 Å². The van der Waals surface area contributed by atoms with Crippen LogP contribution >= 0.6 is 0 Å². The summed E-state index contributed by atoms with van der Waals surface area (Å²) in [5, 5.41) is 12.1. The second-order valence-electron chi connectivity index (χ2n) is 6.60. The maximum atomic E-state index is 10.7. The minimum Gasteiger partial charge on any atom is -0.497 e. The van der Waals surface area contributed by atoms with Crippen molar-refractivity contribution in [2.24, 2.45) is 5.92 Å². The standard InChI is InChI=1S/C21H25NO3/c1-25-18-9-10-19-16(13-18)7-8-17(14-22-12-11-20(23)24)21(19)15-5-3-2-4-6-15/h2-6,9-10,13,17,21-22H,7-8,11-12,14H2,1H3,(H,23,24). The Kier molecular flexibility index (Phi) is 5.71. The van der Waals surface area contributed by atoms with Crippen molar-refractivity contribution in [2.45, 2.75) is 25.2 Å². The molecule has 0 aliphatic heterocycles. The number of rotatable bonds is 7. The number of aliphatic carboxylic acids is 1. The van der Waals surface area contributed by atoms with E-state index in [2.05, 4.69) is 41.7 Å². The van der Waals surface area contributed by atoms with Crippen LogP contribution < -0.4 is 10.1 Å². The Morgan fingerprint density at radius 2 is 2.04 bits per heavy atom. The summed E-state index contributed by atoms with van der Waals surface area (Å²) in [7, 11) is 1.70. The van der Waals surface area contributed by atoms with E-state index in [9.17, 15) is 4.79 Å². The van der Waals surface area contributed by atoms with E-state index in [1.165, 1.54) is 16.7 Å². The van der Waals surface area contributed by atoms with Crippen LogP contribution in [0.15, 0.2) is 48.5 Å². The van der Waals surface area contributed by atoms with Crippen LogP contribution in [0.1, 0.15) is 35.4 Å². The Hall–Kier alpha value is -2.33. The summed E-state index contributed by atoms with van der Waals surface area (Å²) in [5.41, 5.74) is 4.04. The summed E-state index contributed by atoms with van der Waals surface area (Å²) in [6, 6.07) is 17.0. The summed E-state index contributed by atoms with van der Waals surface area (Å²) >= 11 is 0. The molecule has 0 amide bonds. The number of fused-ring (bicyclic) bond motifs is 1. The minimum atomic E-state index is -0.756. The van der Waals surface area contributed by atoms with Crippen molar-refractivity contribution in [3.05, 3.63) is 65.2 Å². The summed E-state index contributed by atoms with van der Waals surface area (Å²) in [4.78, 5) is 10.7. The van der Waals surface area contributed by atoms with Crippen molar-refractivity contribution in [1.82, 2.24) is 5.32 Å². The van der Waals surface area contributed by atoms with E-state index >= 15 is 0 Å². The zero-order chi connectivity index (χ0) is 17.6. The van der Waals surface area contributed by atoms with Crippen molar-refractivity contribution in [2.75, 3.05) is 20.2 Å². The Bertz CT molecular complexity index is 714. The van der Waals surface area contributed by atoms with Crippen LogP contribution in [0.5, 0.6) is 5.75 Å². The molecule has 0 spiro atoms. The molecule has 0 heterocycles. The van der Waals surface area contributed by atoms with Gasteiger partial charge in [-0.2, -0.15) is 0 Å². The summed E-state index contributed by atoms with van der Waals surface area (Å²) in [5.74, 6) is 0.932. The van der Waals surface area contributed by atoms with E-state index in [0.29, 0.717) is 18.4 Å². The topological polar surface area (TPSA) is 58.6 Å². The van der Waals surface area contributed by atoms with Crippen molar-refractivity contribution in [1.29, 1.82) is 0 Å². The van der Waals surface area contributed by atoms with Crippen LogP contribution in [-0.2, 0) is 11.2 Å². The number of carbonyl (C=O) groups is 1. The fourth-order valence-corrected chi connectivity index (χ4v) is 3.81. The van der Waals surface area contributed by atoms with E-state index in [1.807, 2.05) is 12.1 Å². The Balaban J connectivity index is 1.84. The van der Waals surface area contributed by atoms with Crippen LogP contribution in [0.3, 0.4) is 0 Å². The molecule has 2 unspecified atom stereocenters. The molecule has 25 heavy (non-hydrogen) atoms. The molecule has 0 saturated heterocycles. The van der Waals surface area contributed by atoms with Gasteiger partial charge in [0.2, 0.25) is 0 Å². The molecular weight excluding hydrogens is 314 g/mol. The monoisotopic (exact) mass is 339 g/mol. The van der Waals surface area contributed by atoms with Gasteiger partial charge in [-0.15, -0.1) is 0 Å². The van der Waals surface area contributed by atoms with Crippen LogP contribution in [0.25, 0.3) is 0 Å². The molecule has 0 saturated carbocycles. The lowest BCUT2D eigenvalue weighted by atomic mass is 9.71. The zero-order valence-corrected chi connectivity index (χ0v) is 14.6. The highest BCUT2D eigenvalue weighted by Crippen LogP contribution is 2.41. The van der Waals surface area contributed by atoms with Gasteiger partial charge in [0.1, 0.15) is 5.75 Å². The molecule has 0 bridgehead atoms. The largest absolute Gasteiger partial charge is 0.497 e. The second kappa shape index (κ2) is 8.17. The third-order valence-electron chi connectivity index (χ3n) is 5.02. The van der Waals surface area contributed by atoms with Gasteiger partial charge in [0, 0.05) is 12.5 Å². The number of carboxylic acids is 1. The number of carboxylic acid groups (broad SMARTS) is 1. The quantitative estimate of drug-likeness (QED) is 0.759. The van der Waals surface area contributed by atoms with Gasteiger partial charge in [-0.25, -0.2) is 0 Å². The predicted octanol–water partition coefficient (Wildman–Crippen LogP) is 3.45. The summed E-state index contributed by atoms with van der Waals surface area (Å²) in [6.07, 6.45) is 2.28. The van der Waals surface area contributed by atoms with Gasteiger partial charge in [0.25, 0.3) is 0 Å². The van der Waals surface area contributed by atoms with E-state index in [4.69, 9.17) is 9.84 Å². The van der Waals surface area contributed by atoms with Crippen molar-refractivity contribution < 1.29 is 14.6 Å². The molecule has 0 radical (unpaired) electrons. The Morgan fingerprint density at radius 3 is 2.76 bits per heavy atom. The normalized spacial score (nSPS) is 19.2. The molecule has 1 aliphatic carbocycles. The maximum absolute atomic E-state index is 10.7. The van der Waals surface area contributed by atoms with Gasteiger partial charge in [-0.3, -0.25) is 4.79 Å². The number of ether oxygens (including phenoxy) is 1. The van der Waals surface area contributed by atoms with E-state index < -0.39 is 5.97 Å². The molecule has 2 aromatic carbocycles. The van der Waals surface area contributed by atoms with Gasteiger partial charge < -0.3 is 15.2 Å². The van der Waals surface area contributed by atoms with Crippen molar-refractivity contribution in [3.8, 4) is 5.75 Å². The molecule has 4 nitrogen and oxygen atoms in total. The SMILES string of the molecule is COc1ccc2c(c1)CCC(CNCCC(=O)O)C2c1ccccc1. The predicted molar refractivity (Wildman–Crippen MR) is 98.2 cm³/mol. The summed E-state index contributed by atoms with van der Waals surface area (Å²) in [6.45, 7) is 1.35. The number of methoxy groups -OCH3 is 1. The number of benzene rings is 2. The van der Waals surface area contributed by atoms with Crippen LogP contribution in [0.2, 0.25) is 0 Å². The third kappa shape index (κ3) is 4.20. The number of hydrogen-bond donors (Lipinski definition) is 2. The molecule has 1 aliphatic rings. The first-order valence-corrected chi connectivity index (χ1v) is 8.83. The highest BCUT2D eigenvalue weighted by atomic mass is 16.5. The molecule has 3 rings (SSSR count). The Labute approximate surface area is 148 Å². The van der Waals surface area contributed by atoms with Crippen LogP contribution in [0, 0.1) is 5.92 Å². The minimum absolute atomic E-state index is 0.163. The number of aryl methyl sites for hydroxylation is 1. The molecular formula is C21H25NO3. The van der Waals surface area contributed by atoms with E-state index in [-0.39, 0.29) is 6.42 Å². The Morgan fingerprint density at radius 1 is 1.24 bits per heavy atom. The van der Waals surface area contributed by atoms with Gasteiger partial charge in [0.15, 0.2) is 0 Å². The first kappa shape index (κ1) is 17.5. The van der Waals surface area contributed by atoms with Crippen LogP contribution in [0.4, 0.5) is 0 Å². The lowest BCUT2D eigenvalue weighted by Gasteiger charge is -2.34. The lowest BCUT2D eigenvalue weighted by Crippen LogP contribution is -2.32. The van der Waals surface area contributed by atoms with Gasteiger partial charge in [-0.1, -0.05) is 36.4 Å². The first-order valence-electron chi connectivity index (χ1n) is 8.83. The van der Waals surface area contributed by atoms with Crippen LogP contribution in [-0.4, -0.2) is 31.3 Å². The van der Waals surface area contributed by atoms with Gasteiger partial charge >= 0.3 is 5.97 Å². The fourth-order valence-electron chi connectivity index (χ4n) is 3.81. The molecule has 4 heteroatoms. The third-order valence-corrected chi connectivity index (χ3v) is 5.02. The molecule has 0 aromatic heterocycles. The number of hydrogen-bond acceptors (Lipinski definition) is 3. The molecule has 2 aromatic rings. The average Bonchev–Trinajstić information content (AvgIpc) is 2.65. The smallest absolute Gasteiger partial charge is 0.304 e.